The van der Waals surface area contributed by atoms with Crippen LogP contribution in [0.4, 0.5) is 5.95 Å². The van der Waals surface area contributed by atoms with Crippen LogP contribution in [0.5, 0.6) is 0 Å². The Kier molecular flexibility index (Phi) is 3.26. The van der Waals surface area contributed by atoms with E-state index in [1.54, 1.807) is 25.9 Å². The number of rotatable bonds is 3. The first-order chi connectivity index (χ1) is 9.43. The number of nitrogens with zero attached hydrogens (tertiary/aromatic N) is 4. The Labute approximate surface area is 116 Å². The van der Waals surface area contributed by atoms with Gasteiger partial charge in [-0.25, -0.2) is 9.97 Å². The predicted octanol–water partition coefficient (Wildman–Crippen LogP) is 1.54. The van der Waals surface area contributed by atoms with Crippen molar-refractivity contribution in [2.75, 3.05) is 19.1 Å². The fraction of sp³-hybridized carbons (Fsp3) is 0.583. The van der Waals surface area contributed by atoms with Crippen molar-refractivity contribution in [3.05, 3.63) is 12.5 Å². The molecule has 0 aromatic carbocycles. The van der Waals surface area contributed by atoms with Crippen molar-refractivity contribution in [1.82, 2.24) is 19.5 Å². The molecule has 0 bridgehead atoms. The van der Waals surface area contributed by atoms with Crippen molar-refractivity contribution in [3.63, 3.8) is 0 Å². The minimum atomic E-state index is -2.19. The summed E-state index contributed by atoms with van der Waals surface area (Å²) in [6.07, 6.45) is 5.11. The van der Waals surface area contributed by atoms with Crippen molar-refractivity contribution in [2.24, 2.45) is 0 Å². The quantitative estimate of drug-likeness (QED) is 0.863. The number of ether oxygens (including phenoxy) is 1. The molecule has 20 heavy (non-hydrogen) atoms. The van der Waals surface area contributed by atoms with Gasteiger partial charge in [-0.15, -0.1) is 0 Å². The zero-order chi connectivity index (χ0) is 14.3. The maximum Gasteiger partial charge on any atom is 0.222 e. The molecular formula is C12H18N5O2P. The van der Waals surface area contributed by atoms with Gasteiger partial charge in [-0.2, -0.15) is 4.98 Å². The monoisotopic (exact) mass is 295 g/mol. The van der Waals surface area contributed by atoms with E-state index in [2.05, 4.69) is 15.0 Å². The lowest BCUT2D eigenvalue weighted by molar-refractivity contribution is 0.0749. The fourth-order valence-corrected chi connectivity index (χ4v) is 3.74. The summed E-state index contributed by atoms with van der Waals surface area (Å²) < 4.78 is 19.8. The minimum Gasteiger partial charge on any atom is -0.368 e. The number of hydrogen-bond acceptors (Lipinski definition) is 6. The summed E-state index contributed by atoms with van der Waals surface area (Å²) in [6, 6.07) is 0. The zero-order valence-corrected chi connectivity index (χ0v) is 12.5. The van der Waals surface area contributed by atoms with Crippen LogP contribution in [0.25, 0.3) is 11.2 Å². The minimum absolute atomic E-state index is 0.0433. The van der Waals surface area contributed by atoms with Gasteiger partial charge in [0.2, 0.25) is 5.95 Å². The van der Waals surface area contributed by atoms with Crippen molar-refractivity contribution in [2.45, 2.75) is 31.3 Å². The molecule has 2 aromatic rings. The third-order valence-corrected chi connectivity index (χ3v) is 5.32. The number of hydrogen-bond donors (Lipinski definition) is 1. The van der Waals surface area contributed by atoms with Crippen LogP contribution in [0.1, 0.15) is 12.8 Å². The molecule has 0 aliphatic carbocycles. The van der Waals surface area contributed by atoms with E-state index < -0.39 is 7.14 Å². The summed E-state index contributed by atoms with van der Waals surface area (Å²) >= 11 is 0. The molecule has 3 rings (SSSR count). The molecule has 2 aromatic heterocycles. The van der Waals surface area contributed by atoms with Crippen molar-refractivity contribution in [1.29, 1.82) is 0 Å². The Balaban J connectivity index is 1.78. The van der Waals surface area contributed by atoms with Crippen LogP contribution in [0.2, 0.25) is 0 Å². The molecule has 1 aliphatic heterocycles. The summed E-state index contributed by atoms with van der Waals surface area (Å²) in [4.78, 5) is 12.4. The molecule has 2 N–H and O–H groups in total. The highest BCUT2D eigenvalue weighted by Gasteiger charge is 2.33. The van der Waals surface area contributed by atoms with Gasteiger partial charge < -0.3 is 19.6 Å². The van der Waals surface area contributed by atoms with Crippen LogP contribution in [-0.2, 0) is 15.8 Å². The summed E-state index contributed by atoms with van der Waals surface area (Å²) in [6.45, 7) is 4.20. The summed E-state index contributed by atoms with van der Waals surface area (Å²) in [5, 5.41) is 0. The lowest BCUT2D eigenvalue weighted by Gasteiger charge is -2.17. The molecule has 0 radical (unpaired) electrons. The van der Waals surface area contributed by atoms with Crippen LogP contribution in [0, 0.1) is 0 Å². The molecule has 3 heterocycles. The molecule has 0 spiro atoms. The molecule has 108 valence electrons. The van der Waals surface area contributed by atoms with Gasteiger partial charge in [0.15, 0.2) is 5.65 Å². The molecule has 0 saturated carbocycles. The number of aromatic nitrogens is 4. The first kappa shape index (κ1) is 13.5. The second-order valence-corrected chi connectivity index (χ2v) is 9.00. The Hall–Kier alpha value is -1.46. The average molecular weight is 295 g/mol. The SMILES string of the molecule is CP(C)(=O)[C@H]1CC[C@@H](Cn2cnc3cnc(N)nc32)O1. The first-order valence-corrected chi connectivity index (χ1v) is 9.24. The maximum absolute atomic E-state index is 12.0. The maximum atomic E-state index is 12.0. The van der Waals surface area contributed by atoms with E-state index in [1.165, 1.54) is 0 Å². The first-order valence-electron chi connectivity index (χ1n) is 6.57. The molecule has 1 fully saturated rings. The van der Waals surface area contributed by atoms with Gasteiger partial charge in [0.1, 0.15) is 18.5 Å². The third kappa shape index (κ3) is 2.55. The zero-order valence-electron chi connectivity index (χ0n) is 11.6. The Morgan fingerprint density at radius 2 is 2.25 bits per heavy atom. The van der Waals surface area contributed by atoms with Gasteiger partial charge in [-0.05, 0) is 26.2 Å². The lowest BCUT2D eigenvalue weighted by Crippen LogP contribution is -2.17. The largest absolute Gasteiger partial charge is 0.368 e. The highest BCUT2D eigenvalue weighted by Crippen LogP contribution is 2.49. The van der Waals surface area contributed by atoms with Gasteiger partial charge in [0.25, 0.3) is 0 Å². The highest BCUT2D eigenvalue weighted by molar-refractivity contribution is 7.62. The van der Waals surface area contributed by atoms with Crippen LogP contribution in [0.15, 0.2) is 12.5 Å². The van der Waals surface area contributed by atoms with E-state index in [4.69, 9.17) is 10.5 Å². The molecule has 1 aliphatic rings. The van der Waals surface area contributed by atoms with Gasteiger partial charge in [-0.1, -0.05) is 0 Å². The number of fused-ring (bicyclic) bond motifs is 1. The van der Waals surface area contributed by atoms with Crippen molar-refractivity contribution < 1.29 is 9.30 Å². The number of imidazole rings is 1. The van der Waals surface area contributed by atoms with Crippen LogP contribution >= 0.6 is 7.14 Å². The van der Waals surface area contributed by atoms with Crippen molar-refractivity contribution >= 4 is 24.3 Å². The molecule has 0 amide bonds. The topological polar surface area (TPSA) is 95.9 Å². The molecule has 0 unspecified atom stereocenters. The van der Waals surface area contributed by atoms with Gasteiger partial charge in [0, 0.05) is 0 Å². The third-order valence-electron chi connectivity index (χ3n) is 3.56. The smallest absolute Gasteiger partial charge is 0.222 e. The fourth-order valence-electron chi connectivity index (χ4n) is 2.50. The molecule has 2 atom stereocenters. The second-order valence-electron chi connectivity index (χ2n) is 5.56. The lowest BCUT2D eigenvalue weighted by atomic mass is 10.2. The highest BCUT2D eigenvalue weighted by atomic mass is 31.2. The van der Waals surface area contributed by atoms with E-state index in [0.717, 1.165) is 12.8 Å². The van der Waals surface area contributed by atoms with Gasteiger partial charge in [0.05, 0.1) is 25.2 Å². The average Bonchev–Trinajstić information content (AvgIpc) is 2.97. The Bertz CT molecular complexity index is 680. The van der Waals surface area contributed by atoms with E-state index in [1.807, 2.05) is 4.57 Å². The normalized spacial score (nSPS) is 23.5. The standard InChI is InChI=1S/C12H18N5O2P/c1-20(2,18)10-4-3-8(19-10)6-17-7-15-9-5-14-12(13)16-11(9)17/h5,7-8,10H,3-4,6H2,1-2H3,(H2,13,14,16)/t8-,10-/m0/s1. The van der Waals surface area contributed by atoms with Gasteiger partial charge in [-0.3, -0.25) is 0 Å². The van der Waals surface area contributed by atoms with Crippen LogP contribution in [-0.4, -0.2) is 44.8 Å². The second kappa shape index (κ2) is 4.82. The number of anilines is 1. The molecule has 7 nitrogen and oxygen atoms in total. The summed E-state index contributed by atoms with van der Waals surface area (Å²) in [5.74, 6) is 0.109. The van der Waals surface area contributed by atoms with Gasteiger partial charge >= 0.3 is 0 Å². The molecule has 8 heteroatoms. The predicted molar refractivity (Wildman–Crippen MR) is 77.1 cm³/mol. The van der Waals surface area contributed by atoms with E-state index in [9.17, 15) is 4.57 Å². The number of nitrogens with two attached hydrogens (primary N) is 1. The van der Waals surface area contributed by atoms with Crippen molar-refractivity contribution in [3.8, 4) is 0 Å². The van der Waals surface area contributed by atoms with E-state index in [0.29, 0.717) is 17.7 Å². The van der Waals surface area contributed by atoms with E-state index in [-0.39, 0.29) is 17.9 Å². The summed E-state index contributed by atoms with van der Waals surface area (Å²) in [5.41, 5.74) is 7.03. The van der Waals surface area contributed by atoms with E-state index >= 15 is 0 Å². The number of nitrogen functional groups attached to an aromatic ring is 1. The molecular weight excluding hydrogens is 277 g/mol. The molecule has 1 saturated heterocycles. The van der Waals surface area contributed by atoms with Crippen LogP contribution < -0.4 is 5.73 Å². The Morgan fingerprint density at radius 1 is 1.45 bits per heavy atom. The summed E-state index contributed by atoms with van der Waals surface area (Å²) in [7, 11) is -2.19. The Morgan fingerprint density at radius 3 is 2.95 bits per heavy atom. The van der Waals surface area contributed by atoms with Crippen LogP contribution in [0.3, 0.4) is 0 Å².